The van der Waals surface area contributed by atoms with E-state index in [1.807, 2.05) is 40.8 Å². The Morgan fingerprint density at radius 2 is 1.69 bits per heavy atom. The predicted molar refractivity (Wildman–Crippen MR) is 264 cm³/mol. The summed E-state index contributed by atoms with van der Waals surface area (Å²) in [6, 6.07) is 12.1. The summed E-state index contributed by atoms with van der Waals surface area (Å²) in [5, 5.41) is 3.72. The van der Waals surface area contributed by atoms with Gasteiger partial charge in [0, 0.05) is 93.5 Å². The number of fused-ring (bicyclic) bond motifs is 1. The number of rotatable bonds is 13. The first kappa shape index (κ1) is 47.3. The van der Waals surface area contributed by atoms with E-state index in [9.17, 15) is 9.59 Å². The molecule has 2 aromatic carbocycles. The molecular formula is C53H70FN7O4. The zero-order chi connectivity index (χ0) is 46.3. The van der Waals surface area contributed by atoms with E-state index in [-0.39, 0.29) is 17.7 Å². The van der Waals surface area contributed by atoms with Gasteiger partial charge in [-0.15, -0.1) is 0 Å². The lowest BCUT2D eigenvalue weighted by molar-refractivity contribution is 0.0566. The van der Waals surface area contributed by atoms with Crippen molar-refractivity contribution in [2.24, 2.45) is 5.92 Å². The zero-order valence-corrected chi connectivity index (χ0v) is 39.9. The van der Waals surface area contributed by atoms with E-state index in [0.717, 1.165) is 107 Å². The van der Waals surface area contributed by atoms with Crippen LogP contribution in [0.4, 0.5) is 37.6 Å². The van der Waals surface area contributed by atoms with Crippen molar-refractivity contribution in [3.63, 3.8) is 0 Å². The largest absolute Gasteiger partial charge is 0.474 e. The summed E-state index contributed by atoms with van der Waals surface area (Å²) in [4.78, 5) is 41.8. The van der Waals surface area contributed by atoms with E-state index in [1.165, 1.54) is 22.9 Å². The number of ether oxygens (including phenoxy) is 2. The third-order valence-corrected chi connectivity index (χ3v) is 13.0. The van der Waals surface area contributed by atoms with Crippen LogP contribution in [-0.2, 0) is 4.74 Å². The summed E-state index contributed by atoms with van der Waals surface area (Å²) in [6.07, 6.45) is 15.1. The second kappa shape index (κ2) is 21.1. The number of aromatic nitrogens is 1. The van der Waals surface area contributed by atoms with Crippen LogP contribution < -0.4 is 29.7 Å². The number of benzene rings is 2. The number of Topliss-reactive ketones (excluding diaryl/α,β-unsaturated/α-hetero) is 1. The standard InChI is InChI=1S/C53H70FN7O4/c1-9-13-43(31-41-36-60(24-21-39(41)11-3)48-34-55-51-50(37(48)5)61(29-30-64-51)52(63)65-53(6,7)8)56-42-15-17-44(18-16-42)58-22-19-38(20-23-58)35-57-25-27-59(28-26-57)47-32-40(12-4)45(33-46(47)54)49(62)14-10-2/h11-13,15-18,31-34,38,56H,4,9-10,14,19-30,35-36H2,1-3,5-8H3/b39-11-,41-31-,43-13-. The second-order valence-electron chi connectivity index (χ2n) is 18.8. The maximum absolute atomic E-state index is 15.3. The highest BCUT2D eigenvalue weighted by atomic mass is 19.1. The van der Waals surface area contributed by atoms with Gasteiger partial charge >= 0.3 is 6.09 Å². The van der Waals surface area contributed by atoms with Gasteiger partial charge < -0.3 is 29.5 Å². The van der Waals surface area contributed by atoms with Gasteiger partial charge in [0.05, 0.1) is 24.1 Å². The van der Waals surface area contributed by atoms with Crippen molar-refractivity contribution in [3.8, 4) is 5.88 Å². The van der Waals surface area contributed by atoms with Gasteiger partial charge in [-0.3, -0.25) is 14.6 Å². The van der Waals surface area contributed by atoms with E-state index in [0.29, 0.717) is 60.4 Å². The number of pyridine rings is 1. The number of amides is 1. The monoisotopic (exact) mass is 888 g/mol. The molecule has 3 fully saturated rings. The lowest BCUT2D eigenvalue weighted by atomic mass is 9.95. The van der Waals surface area contributed by atoms with Gasteiger partial charge in [0.25, 0.3) is 0 Å². The number of nitrogens with zero attached hydrogens (tertiary/aromatic N) is 6. The smallest absolute Gasteiger partial charge is 0.415 e. The molecule has 0 saturated carbocycles. The van der Waals surface area contributed by atoms with Crippen LogP contribution in [0.3, 0.4) is 0 Å². The van der Waals surface area contributed by atoms with Crippen LogP contribution in [0.25, 0.3) is 6.08 Å². The molecule has 1 amide bonds. The summed E-state index contributed by atoms with van der Waals surface area (Å²) >= 11 is 0. The van der Waals surface area contributed by atoms with Crippen molar-refractivity contribution >= 4 is 46.4 Å². The molecule has 3 saturated heterocycles. The molecule has 0 spiro atoms. The number of piperazine rings is 1. The molecule has 0 aliphatic carbocycles. The van der Waals surface area contributed by atoms with E-state index in [1.54, 1.807) is 17.0 Å². The molecule has 0 atom stereocenters. The first-order valence-electron chi connectivity index (χ1n) is 23.8. The summed E-state index contributed by atoms with van der Waals surface area (Å²) in [5.74, 6) is 0.738. The number of allylic oxidation sites excluding steroid dienone is 3. The highest BCUT2D eigenvalue weighted by molar-refractivity contribution is 6.00. The number of nitrogens with one attached hydrogen (secondary N) is 1. The molecule has 65 heavy (non-hydrogen) atoms. The number of carbonyl (C=O) groups is 2. The number of carbonyl (C=O) groups excluding carboxylic acids is 2. The van der Waals surface area contributed by atoms with E-state index >= 15 is 4.39 Å². The molecule has 348 valence electrons. The summed E-state index contributed by atoms with van der Waals surface area (Å²) in [7, 11) is 0. The fraction of sp³-hybridized carbons (Fsp3) is 0.491. The minimum Gasteiger partial charge on any atom is -0.474 e. The maximum atomic E-state index is 15.3. The van der Waals surface area contributed by atoms with E-state index < -0.39 is 5.60 Å². The van der Waals surface area contributed by atoms with Crippen molar-refractivity contribution in [1.82, 2.24) is 9.88 Å². The Hall–Kier alpha value is -5.62. The highest BCUT2D eigenvalue weighted by Gasteiger charge is 2.33. The second-order valence-corrected chi connectivity index (χ2v) is 18.8. The number of piperidine rings is 2. The van der Waals surface area contributed by atoms with Crippen LogP contribution in [-0.4, -0.2) is 99.4 Å². The zero-order valence-electron chi connectivity index (χ0n) is 39.9. The summed E-state index contributed by atoms with van der Waals surface area (Å²) in [6.45, 7) is 26.6. The Morgan fingerprint density at radius 1 is 0.954 bits per heavy atom. The van der Waals surface area contributed by atoms with Crippen LogP contribution in [0.5, 0.6) is 5.88 Å². The van der Waals surface area contributed by atoms with E-state index in [4.69, 9.17) is 14.5 Å². The fourth-order valence-electron chi connectivity index (χ4n) is 9.60. The molecule has 0 radical (unpaired) electrons. The van der Waals surface area contributed by atoms with Crippen molar-refractivity contribution in [1.29, 1.82) is 0 Å². The van der Waals surface area contributed by atoms with Crippen LogP contribution in [0, 0.1) is 18.7 Å². The average Bonchev–Trinajstić information content (AvgIpc) is 3.29. The van der Waals surface area contributed by atoms with Gasteiger partial charge in [0.1, 0.15) is 23.7 Å². The maximum Gasteiger partial charge on any atom is 0.415 e. The van der Waals surface area contributed by atoms with Crippen LogP contribution in [0.15, 0.2) is 84.2 Å². The van der Waals surface area contributed by atoms with Crippen LogP contribution in [0.2, 0.25) is 0 Å². The SMILES string of the molecule is C=Cc1cc(N2CCN(CC3CCN(c4ccc(NC(=C\CC)/C=C5/CN(c6cnc7c(c6C)N(C(=O)OC(C)(C)C)CCO7)CC/C5=C/C)cc4)CC3)CC2)c(F)cc1C(=O)CCC. The molecular weight excluding hydrogens is 818 g/mol. The minimum atomic E-state index is -0.612. The van der Waals surface area contributed by atoms with Crippen LogP contribution in [0.1, 0.15) is 102 Å². The van der Waals surface area contributed by atoms with Gasteiger partial charge in [0.2, 0.25) is 5.88 Å². The fourth-order valence-corrected chi connectivity index (χ4v) is 9.60. The van der Waals surface area contributed by atoms with Gasteiger partial charge in [-0.05, 0) is 132 Å². The van der Waals surface area contributed by atoms with Crippen molar-refractivity contribution in [3.05, 3.63) is 107 Å². The predicted octanol–water partition coefficient (Wildman–Crippen LogP) is 10.8. The molecule has 4 aliphatic rings. The van der Waals surface area contributed by atoms with Gasteiger partial charge in [0.15, 0.2) is 5.78 Å². The first-order valence-corrected chi connectivity index (χ1v) is 23.8. The topological polar surface area (TPSA) is 93.7 Å². The lowest BCUT2D eigenvalue weighted by Gasteiger charge is -2.40. The van der Waals surface area contributed by atoms with Crippen molar-refractivity contribution in [2.75, 3.05) is 97.0 Å². The van der Waals surface area contributed by atoms with Gasteiger partial charge in [-0.1, -0.05) is 38.7 Å². The Bertz CT molecular complexity index is 2280. The quantitative estimate of drug-likeness (QED) is 0.167. The minimum absolute atomic E-state index is 0.0304. The number of halogens is 1. The number of hydrogen-bond donors (Lipinski definition) is 1. The molecule has 1 aromatic heterocycles. The Labute approximate surface area is 386 Å². The first-order chi connectivity index (χ1) is 31.3. The molecule has 0 unspecified atom stereocenters. The number of hydrogen-bond acceptors (Lipinski definition) is 10. The highest BCUT2D eigenvalue weighted by Crippen LogP contribution is 2.40. The molecule has 1 N–H and O–H groups in total. The Morgan fingerprint density at radius 3 is 2.35 bits per heavy atom. The average molecular weight is 888 g/mol. The van der Waals surface area contributed by atoms with E-state index in [2.05, 4.69) is 87.8 Å². The lowest BCUT2D eigenvalue weighted by Crippen LogP contribution is -2.49. The Balaban J connectivity index is 0.932. The molecule has 3 aromatic rings. The van der Waals surface area contributed by atoms with Gasteiger partial charge in [-0.25, -0.2) is 14.2 Å². The van der Waals surface area contributed by atoms with Gasteiger partial charge in [-0.2, -0.15) is 0 Å². The summed E-state index contributed by atoms with van der Waals surface area (Å²) in [5.41, 5.74) is 9.64. The van der Waals surface area contributed by atoms with Crippen molar-refractivity contribution in [2.45, 2.75) is 92.6 Å². The normalized spacial score (nSPS) is 19.0. The molecule has 11 nitrogen and oxygen atoms in total. The summed E-state index contributed by atoms with van der Waals surface area (Å²) < 4.78 is 27.0. The molecule has 4 aliphatic heterocycles. The van der Waals surface area contributed by atoms with Crippen LogP contribution >= 0.6 is 0 Å². The third-order valence-electron chi connectivity index (χ3n) is 13.0. The molecule has 7 rings (SSSR count). The number of anilines is 5. The molecule has 12 heteroatoms. The third kappa shape index (κ3) is 11.4. The molecule has 0 bridgehead atoms. The molecule has 5 heterocycles. The number of ketones is 1. The van der Waals surface area contributed by atoms with Crippen molar-refractivity contribution < 1.29 is 23.5 Å². The Kier molecular flexibility index (Phi) is 15.4.